The largest absolute Gasteiger partial charge is 0.497 e. The summed E-state index contributed by atoms with van der Waals surface area (Å²) in [7, 11) is 1.65. The van der Waals surface area contributed by atoms with Gasteiger partial charge in [-0.1, -0.05) is 31.0 Å². The van der Waals surface area contributed by atoms with Gasteiger partial charge in [-0.3, -0.25) is 9.59 Å². The van der Waals surface area contributed by atoms with E-state index in [1.54, 1.807) is 13.2 Å². The van der Waals surface area contributed by atoms with Gasteiger partial charge in [0.15, 0.2) is 0 Å². The first-order chi connectivity index (χ1) is 15.2. The second kappa shape index (κ2) is 9.96. The van der Waals surface area contributed by atoms with Crippen molar-refractivity contribution in [3.8, 4) is 5.75 Å². The predicted molar refractivity (Wildman–Crippen MR) is 119 cm³/mol. The predicted octanol–water partition coefficient (Wildman–Crippen LogP) is 4.57. The monoisotopic (exact) mass is 422 g/mol. The van der Waals surface area contributed by atoms with Gasteiger partial charge in [0.1, 0.15) is 11.9 Å². The molecule has 0 unspecified atom stereocenters. The van der Waals surface area contributed by atoms with Crippen molar-refractivity contribution in [1.29, 1.82) is 0 Å². The standard InChI is InChI=1S/C25H30N2O4/c1-30-21-13-11-18(12-14-21)22-9-3-2-4-15-27(22)25(29)19-7-5-8-20(17-19)26-24(28)23-10-6-16-31-23/h5,7-8,11-14,17,22-23H,2-4,6,9-10,15-16H2,1H3,(H,26,28)/t22-,23-/m0/s1. The Morgan fingerprint density at radius 2 is 1.87 bits per heavy atom. The summed E-state index contributed by atoms with van der Waals surface area (Å²) >= 11 is 0. The fraction of sp³-hybridized carbons (Fsp3) is 0.440. The highest BCUT2D eigenvalue weighted by atomic mass is 16.5. The Kier molecular flexibility index (Phi) is 6.87. The van der Waals surface area contributed by atoms with Gasteiger partial charge in [0.05, 0.1) is 13.2 Å². The molecule has 0 aliphatic carbocycles. The van der Waals surface area contributed by atoms with Crippen LogP contribution in [-0.4, -0.2) is 43.1 Å². The van der Waals surface area contributed by atoms with Crippen LogP contribution in [0.25, 0.3) is 0 Å². The molecular weight excluding hydrogens is 392 g/mol. The Hall–Kier alpha value is -2.86. The highest BCUT2D eigenvalue weighted by Crippen LogP contribution is 2.32. The normalized spacial score (nSPS) is 21.4. The summed E-state index contributed by atoms with van der Waals surface area (Å²) < 4.78 is 10.7. The van der Waals surface area contributed by atoms with Crippen molar-refractivity contribution in [2.24, 2.45) is 0 Å². The van der Waals surface area contributed by atoms with E-state index in [4.69, 9.17) is 9.47 Å². The molecule has 6 nitrogen and oxygen atoms in total. The van der Waals surface area contributed by atoms with Crippen molar-refractivity contribution >= 4 is 17.5 Å². The van der Waals surface area contributed by atoms with Crippen LogP contribution in [0, 0.1) is 0 Å². The fourth-order valence-corrected chi connectivity index (χ4v) is 4.43. The number of methoxy groups -OCH3 is 1. The van der Waals surface area contributed by atoms with Crippen LogP contribution in [0.3, 0.4) is 0 Å². The molecular formula is C25H30N2O4. The third-order valence-electron chi connectivity index (χ3n) is 6.11. The number of anilines is 1. The number of amides is 2. The van der Waals surface area contributed by atoms with E-state index in [-0.39, 0.29) is 17.9 Å². The molecule has 2 aromatic rings. The summed E-state index contributed by atoms with van der Waals surface area (Å²) in [6.45, 7) is 1.35. The van der Waals surface area contributed by atoms with E-state index in [1.165, 1.54) is 0 Å². The van der Waals surface area contributed by atoms with Crippen molar-refractivity contribution < 1.29 is 19.1 Å². The molecule has 0 bridgehead atoms. The average Bonchev–Trinajstić information content (AvgIpc) is 3.24. The number of benzene rings is 2. The van der Waals surface area contributed by atoms with Gasteiger partial charge in [-0.05, 0) is 61.6 Å². The number of hydrogen-bond donors (Lipinski definition) is 1. The smallest absolute Gasteiger partial charge is 0.254 e. The van der Waals surface area contributed by atoms with Crippen LogP contribution in [0.1, 0.15) is 60.5 Å². The van der Waals surface area contributed by atoms with Crippen LogP contribution < -0.4 is 10.1 Å². The second-order valence-electron chi connectivity index (χ2n) is 8.21. The first kappa shape index (κ1) is 21.4. The lowest BCUT2D eigenvalue weighted by Gasteiger charge is -2.31. The number of rotatable bonds is 5. The average molecular weight is 423 g/mol. The van der Waals surface area contributed by atoms with E-state index in [0.29, 0.717) is 17.9 Å². The Morgan fingerprint density at radius 1 is 1.03 bits per heavy atom. The summed E-state index contributed by atoms with van der Waals surface area (Å²) in [6, 6.07) is 15.2. The zero-order chi connectivity index (χ0) is 21.6. The van der Waals surface area contributed by atoms with Crippen molar-refractivity contribution in [3.63, 3.8) is 0 Å². The molecule has 0 saturated carbocycles. The maximum absolute atomic E-state index is 13.5. The first-order valence-corrected chi connectivity index (χ1v) is 11.1. The van der Waals surface area contributed by atoms with Crippen molar-refractivity contribution in [1.82, 2.24) is 4.90 Å². The SMILES string of the molecule is COc1ccc([C@@H]2CCCCCN2C(=O)c2cccc(NC(=O)[C@@H]3CCCO3)c2)cc1. The molecule has 0 aromatic heterocycles. The van der Waals surface area contributed by atoms with Gasteiger partial charge in [-0.25, -0.2) is 0 Å². The van der Waals surface area contributed by atoms with Gasteiger partial charge in [-0.15, -0.1) is 0 Å². The van der Waals surface area contributed by atoms with Crippen molar-refractivity contribution in [3.05, 3.63) is 59.7 Å². The van der Waals surface area contributed by atoms with Crippen LogP contribution in [0.15, 0.2) is 48.5 Å². The number of hydrogen-bond acceptors (Lipinski definition) is 4. The Morgan fingerprint density at radius 3 is 2.61 bits per heavy atom. The number of nitrogens with one attached hydrogen (secondary N) is 1. The number of ether oxygens (including phenoxy) is 2. The maximum atomic E-state index is 13.5. The molecule has 2 saturated heterocycles. The highest BCUT2D eigenvalue weighted by Gasteiger charge is 2.28. The zero-order valence-corrected chi connectivity index (χ0v) is 18.0. The van der Waals surface area contributed by atoms with E-state index in [9.17, 15) is 9.59 Å². The second-order valence-corrected chi connectivity index (χ2v) is 8.21. The van der Waals surface area contributed by atoms with Gasteiger partial charge < -0.3 is 19.7 Å². The molecule has 1 N–H and O–H groups in total. The molecule has 2 aromatic carbocycles. The van der Waals surface area contributed by atoms with Gasteiger partial charge in [0.25, 0.3) is 11.8 Å². The highest BCUT2D eigenvalue weighted by molar-refractivity contribution is 5.98. The molecule has 31 heavy (non-hydrogen) atoms. The van der Waals surface area contributed by atoms with Crippen molar-refractivity contribution in [2.45, 2.75) is 50.7 Å². The molecule has 2 atom stereocenters. The molecule has 2 amide bonds. The minimum atomic E-state index is -0.399. The third-order valence-corrected chi connectivity index (χ3v) is 6.11. The van der Waals surface area contributed by atoms with Gasteiger partial charge >= 0.3 is 0 Å². The number of carbonyl (C=O) groups is 2. The van der Waals surface area contributed by atoms with Gasteiger partial charge in [-0.2, -0.15) is 0 Å². The third kappa shape index (κ3) is 5.07. The van der Waals surface area contributed by atoms with E-state index in [1.807, 2.05) is 47.4 Å². The van der Waals surface area contributed by atoms with E-state index in [0.717, 1.165) is 56.4 Å². The quantitative estimate of drug-likeness (QED) is 0.766. The first-order valence-electron chi connectivity index (χ1n) is 11.1. The molecule has 2 aliphatic rings. The van der Waals surface area contributed by atoms with Crippen LogP contribution in [0.5, 0.6) is 5.75 Å². The molecule has 164 valence electrons. The minimum absolute atomic E-state index is 0.00377. The van der Waals surface area contributed by atoms with Gasteiger partial charge in [0.2, 0.25) is 0 Å². The zero-order valence-electron chi connectivity index (χ0n) is 18.0. The molecule has 2 fully saturated rings. The minimum Gasteiger partial charge on any atom is -0.497 e. The fourth-order valence-electron chi connectivity index (χ4n) is 4.43. The Bertz CT molecular complexity index is 906. The summed E-state index contributed by atoms with van der Waals surface area (Å²) in [5, 5.41) is 2.90. The summed E-state index contributed by atoms with van der Waals surface area (Å²) in [6.07, 6.45) is 5.39. The molecule has 0 radical (unpaired) electrons. The van der Waals surface area contributed by atoms with Gasteiger partial charge in [0, 0.05) is 24.4 Å². The van der Waals surface area contributed by atoms with E-state index < -0.39 is 6.10 Å². The van der Waals surface area contributed by atoms with E-state index >= 15 is 0 Å². The lowest BCUT2D eigenvalue weighted by Crippen LogP contribution is -2.35. The molecule has 0 spiro atoms. The molecule has 2 heterocycles. The Balaban J connectivity index is 1.53. The topological polar surface area (TPSA) is 67.9 Å². The lowest BCUT2D eigenvalue weighted by atomic mass is 9.99. The number of nitrogens with zero attached hydrogens (tertiary/aromatic N) is 1. The van der Waals surface area contributed by atoms with Crippen LogP contribution in [0.4, 0.5) is 5.69 Å². The van der Waals surface area contributed by atoms with Crippen molar-refractivity contribution in [2.75, 3.05) is 25.6 Å². The summed E-state index contributed by atoms with van der Waals surface area (Å²) in [4.78, 5) is 27.9. The summed E-state index contributed by atoms with van der Waals surface area (Å²) in [5.74, 6) is 0.661. The van der Waals surface area contributed by atoms with E-state index in [2.05, 4.69) is 5.32 Å². The van der Waals surface area contributed by atoms with Crippen LogP contribution >= 0.6 is 0 Å². The summed E-state index contributed by atoms with van der Waals surface area (Å²) in [5.41, 5.74) is 2.34. The maximum Gasteiger partial charge on any atom is 0.254 e. The molecule has 2 aliphatic heterocycles. The molecule has 4 rings (SSSR count). The Labute approximate surface area is 183 Å². The molecule has 6 heteroatoms. The lowest BCUT2D eigenvalue weighted by molar-refractivity contribution is -0.124. The number of likely N-dealkylation sites (tertiary alicyclic amines) is 1. The van der Waals surface area contributed by atoms with Crippen LogP contribution in [0.2, 0.25) is 0 Å². The van der Waals surface area contributed by atoms with Crippen LogP contribution in [-0.2, 0) is 9.53 Å². The number of carbonyl (C=O) groups excluding carboxylic acids is 2.